The molecule has 2 N–H and O–H groups in total. The van der Waals surface area contributed by atoms with Crippen molar-refractivity contribution in [1.29, 1.82) is 0 Å². The van der Waals surface area contributed by atoms with Crippen LogP contribution in [0.3, 0.4) is 0 Å². The maximum atomic E-state index is 14.0. The van der Waals surface area contributed by atoms with E-state index in [2.05, 4.69) is 34.6 Å². The van der Waals surface area contributed by atoms with Gasteiger partial charge >= 0.3 is 0 Å². The second kappa shape index (κ2) is 11.4. The Morgan fingerprint density at radius 1 is 1.12 bits per heavy atom. The molecule has 0 fully saturated rings. The molecule has 0 saturated heterocycles. The van der Waals surface area contributed by atoms with Gasteiger partial charge in [-0.1, -0.05) is 6.07 Å². The molecule has 0 saturated carbocycles. The van der Waals surface area contributed by atoms with E-state index in [0.29, 0.717) is 25.1 Å². The Morgan fingerprint density at radius 2 is 1.85 bits per heavy atom. The molecule has 0 bridgehead atoms. The lowest BCUT2D eigenvalue weighted by Gasteiger charge is -2.13. The number of aliphatic imine (C=N–C) groups is 1. The summed E-state index contributed by atoms with van der Waals surface area (Å²) in [5.41, 5.74) is 4.70. The van der Waals surface area contributed by atoms with Gasteiger partial charge in [-0.2, -0.15) is 5.10 Å². The standard InChI is InChI=1S/C26H32FN5O2/c1-6-32-19(5)23(18(4)31-32)14-15-28-26(29-21-10-12-22(13-11-21)34-7-2)30-25(33)20-9-8-17(3)24(27)16-20/h8-13,16H,6-7,14-15H2,1-5H3,(H2,28,29,30,33). The second-order valence-corrected chi connectivity index (χ2v) is 7.95. The molecule has 34 heavy (non-hydrogen) atoms. The highest BCUT2D eigenvalue weighted by Crippen LogP contribution is 2.17. The average Bonchev–Trinajstić information content (AvgIpc) is 3.09. The highest BCUT2D eigenvalue weighted by atomic mass is 19.1. The van der Waals surface area contributed by atoms with Crippen LogP contribution in [0.1, 0.15) is 46.7 Å². The SMILES string of the molecule is CCOc1ccc(NC(=NCCc2c(C)nn(CC)c2C)NC(=O)c2ccc(C)c(F)c2)cc1. The summed E-state index contributed by atoms with van der Waals surface area (Å²) >= 11 is 0. The number of anilines is 1. The number of aromatic nitrogens is 2. The van der Waals surface area contributed by atoms with Crippen LogP contribution in [-0.4, -0.2) is 34.8 Å². The van der Waals surface area contributed by atoms with E-state index in [0.717, 1.165) is 34.9 Å². The van der Waals surface area contributed by atoms with Gasteiger partial charge in [-0.3, -0.25) is 19.8 Å². The lowest BCUT2D eigenvalue weighted by Crippen LogP contribution is -2.36. The molecule has 3 rings (SSSR count). The average molecular weight is 466 g/mol. The van der Waals surface area contributed by atoms with E-state index in [1.807, 2.05) is 42.8 Å². The third kappa shape index (κ3) is 6.21. The Kier molecular flexibility index (Phi) is 8.40. The number of hydrogen-bond acceptors (Lipinski definition) is 4. The predicted molar refractivity (Wildman–Crippen MR) is 133 cm³/mol. The number of nitrogens with zero attached hydrogens (tertiary/aromatic N) is 3. The van der Waals surface area contributed by atoms with Gasteiger partial charge in [-0.25, -0.2) is 4.39 Å². The zero-order valence-electron chi connectivity index (χ0n) is 20.4. The number of rotatable bonds is 8. The van der Waals surface area contributed by atoms with Gasteiger partial charge in [-0.05, 0) is 88.6 Å². The van der Waals surface area contributed by atoms with Crippen LogP contribution in [0.4, 0.5) is 10.1 Å². The van der Waals surface area contributed by atoms with E-state index >= 15 is 0 Å². The Balaban J connectivity index is 1.79. The molecule has 1 aromatic heterocycles. The number of hydrogen-bond donors (Lipinski definition) is 2. The fraction of sp³-hybridized carbons (Fsp3) is 0.346. The van der Waals surface area contributed by atoms with Gasteiger partial charge in [0.25, 0.3) is 5.91 Å². The second-order valence-electron chi connectivity index (χ2n) is 7.95. The van der Waals surface area contributed by atoms with Crippen LogP contribution in [0.2, 0.25) is 0 Å². The Labute approximate surface area is 200 Å². The first-order chi connectivity index (χ1) is 16.3. The summed E-state index contributed by atoms with van der Waals surface area (Å²) in [6.07, 6.45) is 0.682. The topological polar surface area (TPSA) is 80.5 Å². The van der Waals surface area contributed by atoms with Gasteiger partial charge in [-0.15, -0.1) is 0 Å². The Morgan fingerprint density at radius 3 is 2.47 bits per heavy atom. The summed E-state index contributed by atoms with van der Waals surface area (Å²) in [5.74, 6) is 0.171. The fourth-order valence-electron chi connectivity index (χ4n) is 3.65. The number of amides is 1. The molecule has 0 atom stereocenters. The van der Waals surface area contributed by atoms with Crippen molar-refractivity contribution >= 4 is 17.6 Å². The van der Waals surface area contributed by atoms with Gasteiger partial charge in [0.05, 0.1) is 12.3 Å². The number of aryl methyl sites for hydroxylation is 3. The smallest absolute Gasteiger partial charge is 0.258 e. The summed E-state index contributed by atoms with van der Waals surface area (Å²) in [6, 6.07) is 11.8. The van der Waals surface area contributed by atoms with E-state index in [4.69, 9.17) is 4.74 Å². The molecule has 180 valence electrons. The molecule has 0 unspecified atom stereocenters. The molecule has 0 aliphatic carbocycles. The van der Waals surface area contributed by atoms with Gasteiger partial charge in [0.2, 0.25) is 5.96 Å². The molecule has 0 spiro atoms. The van der Waals surface area contributed by atoms with Crippen LogP contribution in [0.5, 0.6) is 5.75 Å². The van der Waals surface area contributed by atoms with Gasteiger partial charge in [0.15, 0.2) is 0 Å². The van der Waals surface area contributed by atoms with Crippen molar-refractivity contribution in [3.8, 4) is 5.75 Å². The number of ether oxygens (including phenoxy) is 1. The minimum atomic E-state index is -0.442. The third-order valence-corrected chi connectivity index (χ3v) is 5.56. The van der Waals surface area contributed by atoms with E-state index in [1.54, 1.807) is 19.1 Å². The van der Waals surface area contributed by atoms with Crippen molar-refractivity contribution in [3.63, 3.8) is 0 Å². The van der Waals surface area contributed by atoms with Crippen molar-refractivity contribution in [1.82, 2.24) is 15.1 Å². The lowest BCUT2D eigenvalue weighted by atomic mass is 10.1. The van der Waals surface area contributed by atoms with Crippen molar-refractivity contribution in [3.05, 3.63) is 76.4 Å². The minimum Gasteiger partial charge on any atom is -0.494 e. The molecule has 7 nitrogen and oxygen atoms in total. The molecule has 2 aromatic carbocycles. The summed E-state index contributed by atoms with van der Waals surface area (Å²) < 4.78 is 21.4. The van der Waals surface area contributed by atoms with Crippen LogP contribution < -0.4 is 15.4 Å². The Bertz CT molecular complexity index is 1170. The van der Waals surface area contributed by atoms with Crippen molar-refractivity contribution < 1.29 is 13.9 Å². The first-order valence-corrected chi connectivity index (χ1v) is 11.5. The third-order valence-electron chi connectivity index (χ3n) is 5.56. The summed E-state index contributed by atoms with van der Waals surface area (Å²) in [4.78, 5) is 17.4. The van der Waals surface area contributed by atoms with Gasteiger partial charge in [0.1, 0.15) is 11.6 Å². The molecule has 1 amide bonds. The molecule has 0 aliphatic heterocycles. The summed E-state index contributed by atoms with van der Waals surface area (Å²) in [7, 11) is 0. The highest BCUT2D eigenvalue weighted by molar-refractivity contribution is 6.10. The van der Waals surface area contributed by atoms with Crippen molar-refractivity contribution in [2.75, 3.05) is 18.5 Å². The quantitative estimate of drug-likeness (QED) is 0.370. The fourth-order valence-corrected chi connectivity index (χ4v) is 3.65. The molecule has 8 heteroatoms. The van der Waals surface area contributed by atoms with E-state index < -0.39 is 11.7 Å². The largest absolute Gasteiger partial charge is 0.494 e. The van der Waals surface area contributed by atoms with Crippen molar-refractivity contribution in [2.24, 2.45) is 4.99 Å². The number of benzene rings is 2. The molecule has 0 radical (unpaired) electrons. The van der Waals surface area contributed by atoms with Crippen LogP contribution in [0.25, 0.3) is 0 Å². The van der Waals surface area contributed by atoms with Crippen LogP contribution in [-0.2, 0) is 13.0 Å². The predicted octanol–water partition coefficient (Wildman–Crippen LogP) is 4.81. The highest BCUT2D eigenvalue weighted by Gasteiger charge is 2.13. The van der Waals surface area contributed by atoms with Crippen LogP contribution in [0, 0.1) is 26.6 Å². The van der Waals surface area contributed by atoms with E-state index in [-0.39, 0.29) is 11.5 Å². The summed E-state index contributed by atoms with van der Waals surface area (Å²) in [6.45, 7) is 11.5. The molecule has 1 heterocycles. The normalized spacial score (nSPS) is 11.4. The maximum Gasteiger partial charge on any atom is 0.258 e. The van der Waals surface area contributed by atoms with Gasteiger partial charge < -0.3 is 10.1 Å². The zero-order valence-corrected chi connectivity index (χ0v) is 20.4. The number of nitrogens with one attached hydrogen (secondary N) is 2. The van der Waals surface area contributed by atoms with Crippen LogP contribution in [0.15, 0.2) is 47.5 Å². The number of halogens is 1. The first kappa shape index (κ1) is 25.0. The zero-order chi connectivity index (χ0) is 24.7. The molecule has 0 aliphatic rings. The monoisotopic (exact) mass is 465 g/mol. The van der Waals surface area contributed by atoms with Crippen molar-refractivity contribution in [2.45, 2.75) is 47.6 Å². The summed E-state index contributed by atoms with van der Waals surface area (Å²) in [5, 5.41) is 10.5. The molecular weight excluding hydrogens is 433 g/mol. The number of carbonyl (C=O) groups excluding carboxylic acids is 1. The van der Waals surface area contributed by atoms with E-state index in [1.165, 1.54) is 6.07 Å². The minimum absolute atomic E-state index is 0.222. The lowest BCUT2D eigenvalue weighted by molar-refractivity contribution is 0.0976. The van der Waals surface area contributed by atoms with E-state index in [9.17, 15) is 9.18 Å². The number of carbonyl (C=O) groups is 1. The number of guanidine groups is 1. The maximum absolute atomic E-state index is 14.0. The van der Waals surface area contributed by atoms with Crippen LogP contribution >= 0.6 is 0 Å². The van der Waals surface area contributed by atoms with Gasteiger partial charge in [0, 0.05) is 30.0 Å². The first-order valence-electron chi connectivity index (χ1n) is 11.5. The molecule has 3 aromatic rings. The Hall–Kier alpha value is -3.68. The molecular formula is C26H32FN5O2.